The first-order valence-corrected chi connectivity index (χ1v) is 14.3. The van der Waals surface area contributed by atoms with Gasteiger partial charge in [0.05, 0.1) is 17.7 Å². The maximum absolute atomic E-state index is 14.5. The predicted octanol–water partition coefficient (Wildman–Crippen LogP) is 3.69. The van der Waals surface area contributed by atoms with E-state index in [4.69, 9.17) is 0 Å². The molecule has 4 aromatic rings. The summed E-state index contributed by atoms with van der Waals surface area (Å²) in [6, 6.07) is 7.86. The SMILES string of the molecule is C=IC(F)(F)C1NCCc2c1ncn2-c1ccnc(C(=O)Nc2cccc(-c3nncn3C3CC3)n2)c1. The number of halogens is 3. The summed E-state index contributed by atoms with van der Waals surface area (Å²) in [5, 5.41) is 13.9. The molecule has 0 bridgehead atoms. The van der Waals surface area contributed by atoms with Crippen molar-refractivity contribution in [3.05, 3.63) is 66.3 Å². The zero-order chi connectivity index (χ0) is 25.6. The van der Waals surface area contributed by atoms with Gasteiger partial charge in [0.2, 0.25) is 0 Å². The Hall–Kier alpha value is -3.46. The normalized spacial score (nSPS) is 17.4. The Labute approximate surface area is 220 Å². The van der Waals surface area contributed by atoms with Crippen LogP contribution in [0.4, 0.5) is 14.6 Å². The second kappa shape index (κ2) is 9.45. The number of amides is 1. The Balaban J connectivity index is 1.25. The Kier molecular flexibility index (Phi) is 6.10. The molecule has 1 aliphatic carbocycles. The van der Waals surface area contributed by atoms with Crippen molar-refractivity contribution in [2.45, 2.75) is 35.3 Å². The highest BCUT2D eigenvalue weighted by Crippen LogP contribution is 2.42. The highest BCUT2D eigenvalue weighted by atomic mass is 127. The number of aromatic nitrogens is 7. The van der Waals surface area contributed by atoms with Gasteiger partial charge in [0, 0.05) is 30.9 Å². The van der Waals surface area contributed by atoms with Crippen molar-refractivity contribution < 1.29 is 13.6 Å². The lowest BCUT2D eigenvalue weighted by Crippen LogP contribution is -2.39. The maximum atomic E-state index is 14.5. The number of alkyl halides is 3. The second-order valence-corrected chi connectivity index (χ2v) is 11.0. The number of pyridine rings is 2. The van der Waals surface area contributed by atoms with Gasteiger partial charge in [-0.05, 0) is 57.8 Å². The molecule has 10 nitrogen and oxygen atoms in total. The highest BCUT2D eigenvalue weighted by Gasteiger charge is 2.43. The zero-order valence-corrected chi connectivity index (χ0v) is 21.6. The van der Waals surface area contributed by atoms with Crippen molar-refractivity contribution in [1.82, 2.24) is 39.6 Å². The topological polar surface area (TPSA) is 115 Å². The van der Waals surface area contributed by atoms with Crippen LogP contribution in [-0.4, -0.2) is 55.2 Å². The van der Waals surface area contributed by atoms with Gasteiger partial charge < -0.3 is 19.8 Å². The summed E-state index contributed by atoms with van der Waals surface area (Å²) in [7, 11) is 0. The fourth-order valence-electron chi connectivity index (χ4n) is 4.43. The molecule has 1 saturated carbocycles. The standard InChI is InChI=1S/C24H22F2IN9O/c1-27-24(25,26)21-20-18(8-10-29-21)35(12-30-20)15-7-9-28-17(11-15)23(37)33-19-4-2-3-16(32-19)22-34-31-13-36(22)14-5-6-14/h2-4,7,9,11-14,21,29H,1,5-6,8,10H2,(H,32,33,37). The fraction of sp³-hybridized carbons (Fsp3) is 0.292. The van der Waals surface area contributed by atoms with Crippen LogP contribution in [0.15, 0.2) is 49.2 Å². The number of nitrogens with zero attached hydrogens (tertiary/aromatic N) is 7. The van der Waals surface area contributed by atoms with Crippen molar-refractivity contribution in [3.8, 4) is 17.2 Å². The van der Waals surface area contributed by atoms with Crippen molar-refractivity contribution >= 4 is 37.0 Å². The van der Waals surface area contributed by atoms with Crippen LogP contribution in [0.5, 0.6) is 0 Å². The number of hydrogen-bond acceptors (Lipinski definition) is 7. The average Bonchev–Trinajstić information content (AvgIpc) is 3.47. The average molecular weight is 617 g/mol. The van der Waals surface area contributed by atoms with Crippen LogP contribution < -0.4 is 10.6 Å². The lowest BCUT2D eigenvalue weighted by molar-refractivity contribution is 0.0737. The number of carbonyl (C=O) groups is 1. The molecule has 1 atom stereocenters. The molecule has 13 heteroatoms. The number of rotatable bonds is 7. The smallest absolute Gasteiger partial charge is 0.309 e. The molecule has 5 heterocycles. The monoisotopic (exact) mass is 617 g/mol. The van der Waals surface area contributed by atoms with Gasteiger partial charge in [0.1, 0.15) is 29.6 Å². The molecule has 4 aromatic heterocycles. The van der Waals surface area contributed by atoms with Gasteiger partial charge in [-0.15, -0.1) is 10.2 Å². The van der Waals surface area contributed by atoms with Crippen LogP contribution in [0.3, 0.4) is 0 Å². The molecule has 37 heavy (non-hydrogen) atoms. The van der Waals surface area contributed by atoms with Gasteiger partial charge in [-0.3, -0.25) is 9.78 Å². The highest BCUT2D eigenvalue weighted by molar-refractivity contribution is 14.2. The van der Waals surface area contributed by atoms with E-state index in [1.165, 1.54) is 12.5 Å². The fourth-order valence-corrected chi connectivity index (χ4v) is 5.38. The van der Waals surface area contributed by atoms with E-state index >= 15 is 0 Å². The summed E-state index contributed by atoms with van der Waals surface area (Å²) in [6.45, 7) is 0.400. The number of imidazole rings is 1. The molecular weight excluding hydrogens is 595 g/mol. The zero-order valence-electron chi connectivity index (χ0n) is 19.5. The van der Waals surface area contributed by atoms with Crippen LogP contribution in [0.2, 0.25) is 0 Å². The largest absolute Gasteiger partial charge is 0.311 e. The van der Waals surface area contributed by atoms with Crippen LogP contribution in [0.25, 0.3) is 17.2 Å². The van der Waals surface area contributed by atoms with E-state index in [2.05, 4.69) is 40.3 Å². The molecule has 6 rings (SSSR count). The Morgan fingerprint density at radius 1 is 1.22 bits per heavy atom. The van der Waals surface area contributed by atoms with E-state index in [0.717, 1.165) is 12.8 Å². The van der Waals surface area contributed by atoms with Gasteiger partial charge in [-0.1, -0.05) is 10.6 Å². The van der Waals surface area contributed by atoms with Crippen molar-refractivity contribution in [2.24, 2.45) is 0 Å². The summed E-state index contributed by atoms with van der Waals surface area (Å²) < 4.78 is 33.3. The summed E-state index contributed by atoms with van der Waals surface area (Å²) in [5.41, 5.74) is 2.39. The minimum Gasteiger partial charge on any atom is -0.309 e. The van der Waals surface area contributed by atoms with Crippen molar-refractivity contribution in [3.63, 3.8) is 0 Å². The van der Waals surface area contributed by atoms with Crippen molar-refractivity contribution in [2.75, 3.05) is 11.9 Å². The number of hydrogen-bond donors (Lipinski definition) is 2. The van der Waals surface area contributed by atoms with E-state index in [1.54, 1.807) is 35.2 Å². The number of nitrogens with one attached hydrogen (secondary N) is 2. The Morgan fingerprint density at radius 2 is 2.08 bits per heavy atom. The number of carbonyl (C=O) groups excluding carboxylic acids is 1. The molecule has 0 radical (unpaired) electrons. The Bertz CT molecular complexity index is 1500. The molecular formula is C24H22F2IN9O. The summed E-state index contributed by atoms with van der Waals surface area (Å²) >= 11 is -1.57. The molecule has 190 valence electrons. The van der Waals surface area contributed by atoms with Crippen LogP contribution in [0, 0.1) is 0 Å². The third-order valence-electron chi connectivity index (χ3n) is 6.38. The number of anilines is 1. The van der Waals surface area contributed by atoms with Gasteiger partial charge in [-0.2, -0.15) is 8.78 Å². The van der Waals surface area contributed by atoms with E-state index in [1.807, 2.05) is 10.6 Å². The molecule has 1 fully saturated rings. The summed E-state index contributed by atoms with van der Waals surface area (Å²) in [4.78, 5) is 26.1. The first kappa shape index (κ1) is 23.9. The van der Waals surface area contributed by atoms with Gasteiger partial charge >= 0.3 is 3.93 Å². The predicted molar refractivity (Wildman–Crippen MR) is 141 cm³/mol. The summed E-state index contributed by atoms with van der Waals surface area (Å²) in [6.07, 6.45) is 7.42. The second-order valence-electron chi connectivity index (χ2n) is 8.81. The first-order chi connectivity index (χ1) is 17.9. The molecule has 0 saturated heterocycles. The molecule has 2 N–H and O–H groups in total. The third kappa shape index (κ3) is 4.56. The van der Waals surface area contributed by atoms with E-state index in [9.17, 15) is 13.6 Å². The lowest BCUT2D eigenvalue weighted by Gasteiger charge is -2.28. The van der Waals surface area contributed by atoms with Crippen molar-refractivity contribution in [1.29, 1.82) is 0 Å². The van der Waals surface area contributed by atoms with Gasteiger partial charge in [-0.25, -0.2) is 9.97 Å². The summed E-state index contributed by atoms with van der Waals surface area (Å²) in [5.74, 6) is 0.563. The van der Waals surface area contributed by atoms with Crippen LogP contribution >= 0.6 is 20.7 Å². The van der Waals surface area contributed by atoms with E-state index in [-0.39, 0.29) is 5.69 Å². The van der Waals surface area contributed by atoms with Crippen LogP contribution in [0.1, 0.15) is 46.8 Å². The first-order valence-electron chi connectivity index (χ1n) is 11.7. The maximum Gasteiger partial charge on any atom is 0.311 e. The lowest BCUT2D eigenvalue weighted by atomic mass is 10.1. The molecule has 0 spiro atoms. The molecule has 1 unspecified atom stereocenters. The molecule has 0 aromatic carbocycles. The quantitative estimate of drug-likeness (QED) is 0.240. The number of fused-ring (bicyclic) bond motifs is 1. The Morgan fingerprint density at radius 3 is 2.89 bits per heavy atom. The van der Waals surface area contributed by atoms with Crippen LogP contribution in [-0.2, 0) is 6.42 Å². The van der Waals surface area contributed by atoms with E-state index in [0.29, 0.717) is 53.4 Å². The molecule has 1 aliphatic heterocycles. The molecule has 1 amide bonds. The van der Waals surface area contributed by atoms with Gasteiger partial charge in [0.15, 0.2) is 5.82 Å². The minimum atomic E-state index is -2.91. The minimum absolute atomic E-state index is 0.160. The van der Waals surface area contributed by atoms with E-state index < -0.39 is 36.6 Å². The molecule has 2 aliphatic rings. The third-order valence-corrected chi connectivity index (χ3v) is 8.02. The van der Waals surface area contributed by atoms with Gasteiger partial charge in [0.25, 0.3) is 5.91 Å².